The third kappa shape index (κ3) is 6.80. The van der Waals surface area contributed by atoms with Crippen molar-refractivity contribution in [3.63, 3.8) is 0 Å². The first-order valence-electron chi connectivity index (χ1n) is 12.8. The van der Waals surface area contributed by atoms with Gasteiger partial charge in [-0.05, 0) is 43.7 Å². The van der Waals surface area contributed by atoms with Gasteiger partial charge >= 0.3 is 12.1 Å². The topological polar surface area (TPSA) is 147 Å². The van der Waals surface area contributed by atoms with E-state index in [0.717, 1.165) is 17.7 Å². The number of amides is 2. The lowest BCUT2D eigenvalue weighted by molar-refractivity contribution is -0.144. The third-order valence-electron chi connectivity index (χ3n) is 6.60. The first-order chi connectivity index (χ1) is 18.2. The molecule has 1 aliphatic heterocycles. The standard InChI is InChI=1S/C26H37N5O7/c1-17(2)14-30(19-13-18(25(33)34)15-29(16-19)26(35)36)24(32)23-21(10-7-8-12-37-3)31(28-27-23)20-9-5-6-11-22(20)38-4/h5-6,9,11,17-19H,7-8,10,12-16H2,1-4H3,(H,33,34)(H,35,36)/t18-,19+/m1/s1. The van der Waals surface area contributed by atoms with Crippen LogP contribution in [0.15, 0.2) is 24.3 Å². The van der Waals surface area contributed by atoms with Crippen molar-refractivity contribution < 1.29 is 34.1 Å². The Hall–Kier alpha value is -3.67. The quantitative estimate of drug-likeness (QED) is 0.395. The van der Waals surface area contributed by atoms with Crippen molar-refractivity contribution in [1.82, 2.24) is 24.8 Å². The minimum atomic E-state index is -1.21. The molecule has 2 N–H and O–H groups in total. The molecule has 1 aromatic carbocycles. The number of rotatable bonds is 12. The normalized spacial score (nSPS) is 17.4. The molecule has 2 amide bonds. The van der Waals surface area contributed by atoms with Crippen LogP contribution in [0.5, 0.6) is 5.75 Å². The number of carbonyl (C=O) groups excluding carboxylic acids is 1. The first kappa shape index (κ1) is 28.9. The molecular weight excluding hydrogens is 494 g/mol. The highest BCUT2D eigenvalue weighted by Gasteiger charge is 2.39. The minimum Gasteiger partial charge on any atom is -0.494 e. The number of likely N-dealkylation sites (tertiary alicyclic amines) is 1. The van der Waals surface area contributed by atoms with Gasteiger partial charge in [0.1, 0.15) is 11.4 Å². The number of para-hydroxylation sites is 2. The number of carboxylic acids is 1. The smallest absolute Gasteiger partial charge is 0.407 e. The van der Waals surface area contributed by atoms with Crippen molar-refractivity contribution in [3.05, 3.63) is 35.7 Å². The van der Waals surface area contributed by atoms with E-state index in [-0.39, 0.29) is 31.1 Å². The predicted molar refractivity (Wildman–Crippen MR) is 138 cm³/mol. The maximum Gasteiger partial charge on any atom is 0.407 e. The number of piperidine rings is 1. The first-order valence-corrected chi connectivity index (χ1v) is 12.8. The maximum absolute atomic E-state index is 14.1. The number of aliphatic carboxylic acids is 1. The summed E-state index contributed by atoms with van der Waals surface area (Å²) in [5.74, 6) is -1.77. The number of nitrogens with zero attached hydrogens (tertiary/aromatic N) is 5. The van der Waals surface area contributed by atoms with Crippen LogP contribution in [0.4, 0.5) is 4.79 Å². The third-order valence-corrected chi connectivity index (χ3v) is 6.60. The number of benzene rings is 1. The molecule has 38 heavy (non-hydrogen) atoms. The zero-order valence-corrected chi connectivity index (χ0v) is 22.4. The van der Waals surface area contributed by atoms with Gasteiger partial charge in [0.05, 0.1) is 24.8 Å². The zero-order chi connectivity index (χ0) is 27.8. The number of aromatic nitrogens is 3. The summed E-state index contributed by atoms with van der Waals surface area (Å²) in [6.07, 6.45) is 0.931. The summed E-state index contributed by atoms with van der Waals surface area (Å²) in [5, 5.41) is 27.9. The van der Waals surface area contributed by atoms with E-state index in [2.05, 4.69) is 10.3 Å². The highest BCUT2D eigenvalue weighted by Crippen LogP contribution is 2.28. The molecule has 208 valence electrons. The number of carbonyl (C=O) groups is 3. The summed E-state index contributed by atoms with van der Waals surface area (Å²) in [6.45, 7) is 4.70. The van der Waals surface area contributed by atoms with Crippen LogP contribution in [0, 0.1) is 11.8 Å². The molecule has 1 saturated heterocycles. The molecule has 0 saturated carbocycles. The Morgan fingerprint density at radius 2 is 1.87 bits per heavy atom. The van der Waals surface area contributed by atoms with Crippen LogP contribution >= 0.6 is 0 Å². The van der Waals surface area contributed by atoms with Crippen LogP contribution in [0.3, 0.4) is 0 Å². The molecule has 1 fully saturated rings. The fourth-order valence-corrected chi connectivity index (χ4v) is 4.79. The van der Waals surface area contributed by atoms with E-state index in [0.29, 0.717) is 36.7 Å². The summed E-state index contributed by atoms with van der Waals surface area (Å²) in [5.41, 5.74) is 1.40. The second kappa shape index (κ2) is 13.2. The lowest BCUT2D eigenvalue weighted by Gasteiger charge is -2.41. The summed E-state index contributed by atoms with van der Waals surface area (Å²) < 4.78 is 12.3. The van der Waals surface area contributed by atoms with Gasteiger partial charge in [-0.1, -0.05) is 31.2 Å². The molecule has 0 aliphatic carbocycles. The van der Waals surface area contributed by atoms with Crippen LogP contribution in [-0.4, -0.2) is 99.5 Å². The van der Waals surface area contributed by atoms with Crippen LogP contribution < -0.4 is 4.74 Å². The molecule has 2 heterocycles. The number of hydrogen-bond acceptors (Lipinski definition) is 7. The van der Waals surface area contributed by atoms with Gasteiger partial charge in [0.15, 0.2) is 5.69 Å². The minimum absolute atomic E-state index is 0.0292. The number of hydrogen-bond donors (Lipinski definition) is 2. The van der Waals surface area contributed by atoms with E-state index in [9.17, 15) is 24.6 Å². The molecule has 12 nitrogen and oxygen atoms in total. The lowest BCUT2D eigenvalue weighted by Crippen LogP contribution is -2.56. The van der Waals surface area contributed by atoms with Gasteiger partial charge in [-0.3, -0.25) is 9.59 Å². The van der Waals surface area contributed by atoms with Gasteiger partial charge in [-0.15, -0.1) is 5.10 Å². The van der Waals surface area contributed by atoms with E-state index in [4.69, 9.17) is 9.47 Å². The number of ether oxygens (including phenoxy) is 2. The summed E-state index contributed by atoms with van der Waals surface area (Å²) in [4.78, 5) is 40.3. The molecule has 0 bridgehead atoms. The Kier molecular flexibility index (Phi) is 10.1. The van der Waals surface area contributed by atoms with Crippen LogP contribution in [0.1, 0.15) is 49.3 Å². The molecule has 12 heteroatoms. The molecule has 1 aromatic heterocycles. The van der Waals surface area contributed by atoms with Crippen molar-refractivity contribution in [2.24, 2.45) is 11.8 Å². The number of unbranched alkanes of at least 4 members (excludes halogenated alkanes) is 1. The van der Waals surface area contributed by atoms with Crippen molar-refractivity contribution in [1.29, 1.82) is 0 Å². The lowest BCUT2D eigenvalue weighted by atomic mass is 9.92. The number of methoxy groups -OCH3 is 2. The molecule has 0 radical (unpaired) electrons. The van der Waals surface area contributed by atoms with E-state index in [1.54, 1.807) is 29.9 Å². The predicted octanol–water partition coefficient (Wildman–Crippen LogP) is 2.80. The Balaban J connectivity index is 2.03. The van der Waals surface area contributed by atoms with E-state index < -0.39 is 29.9 Å². The molecule has 1 aliphatic rings. The van der Waals surface area contributed by atoms with Crippen molar-refractivity contribution >= 4 is 18.0 Å². The molecule has 3 rings (SSSR count). The average Bonchev–Trinajstić information content (AvgIpc) is 3.32. The molecule has 2 atom stereocenters. The fourth-order valence-electron chi connectivity index (χ4n) is 4.79. The Labute approximate surface area is 222 Å². The molecular formula is C26H37N5O7. The van der Waals surface area contributed by atoms with Crippen molar-refractivity contribution in [3.8, 4) is 11.4 Å². The van der Waals surface area contributed by atoms with Gasteiger partial charge in [0, 0.05) is 33.4 Å². The van der Waals surface area contributed by atoms with Crippen molar-refractivity contribution in [2.75, 3.05) is 40.5 Å². The van der Waals surface area contributed by atoms with Gasteiger partial charge in [-0.2, -0.15) is 0 Å². The SMILES string of the molecule is COCCCCc1c(C(=O)N(CC(C)C)[C@H]2C[C@@H](C(=O)O)CN(C(=O)O)C2)nnn1-c1ccccc1OC. The Morgan fingerprint density at radius 1 is 1.13 bits per heavy atom. The molecule has 0 unspecified atom stereocenters. The average molecular weight is 532 g/mol. The van der Waals surface area contributed by atoms with Gasteiger partial charge in [-0.25, -0.2) is 9.48 Å². The van der Waals surface area contributed by atoms with Crippen LogP contribution in [-0.2, 0) is 16.0 Å². The maximum atomic E-state index is 14.1. The van der Waals surface area contributed by atoms with Gasteiger partial charge in [0.2, 0.25) is 0 Å². The summed E-state index contributed by atoms with van der Waals surface area (Å²) in [6, 6.07) is 6.69. The molecule has 0 spiro atoms. The monoisotopic (exact) mass is 531 g/mol. The largest absolute Gasteiger partial charge is 0.494 e. The van der Waals surface area contributed by atoms with E-state index >= 15 is 0 Å². The summed E-state index contributed by atoms with van der Waals surface area (Å²) in [7, 11) is 3.19. The summed E-state index contributed by atoms with van der Waals surface area (Å²) >= 11 is 0. The van der Waals surface area contributed by atoms with E-state index in [1.807, 2.05) is 32.0 Å². The van der Waals surface area contributed by atoms with Gasteiger partial charge < -0.3 is 29.5 Å². The van der Waals surface area contributed by atoms with Crippen LogP contribution in [0.25, 0.3) is 5.69 Å². The Morgan fingerprint density at radius 3 is 2.50 bits per heavy atom. The van der Waals surface area contributed by atoms with Gasteiger partial charge in [0.25, 0.3) is 5.91 Å². The van der Waals surface area contributed by atoms with Crippen LogP contribution in [0.2, 0.25) is 0 Å². The second-order valence-electron chi connectivity index (χ2n) is 9.88. The highest BCUT2D eigenvalue weighted by molar-refractivity contribution is 5.94. The zero-order valence-electron chi connectivity index (χ0n) is 22.4. The highest BCUT2D eigenvalue weighted by atomic mass is 16.5. The fraction of sp³-hybridized carbons (Fsp3) is 0.577. The van der Waals surface area contributed by atoms with E-state index in [1.165, 1.54) is 0 Å². The number of carboxylic acid groups (broad SMARTS) is 2. The Bertz CT molecular complexity index is 1100. The second-order valence-corrected chi connectivity index (χ2v) is 9.88. The molecule has 2 aromatic rings. The van der Waals surface area contributed by atoms with Crippen molar-refractivity contribution in [2.45, 2.75) is 45.6 Å².